The van der Waals surface area contributed by atoms with Crippen LogP contribution in [0.2, 0.25) is 0 Å². The Morgan fingerprint density at radius 3 is 2.73 bits per heavy atom. The molecule has 4 heteroatoms. The van der Waals surface area contributed by atoms with Gasteiger partial charge in [0.05, 0.1) is 13.2 Å². The highest BCUT2D eigenvalue weighted by atomic mass is 16.5. The SMILES string of the molecule is COc1c(C)cc(C[C@H](N)C=O)cc1O. The van der Waals surface area contributed by atoms with Crippen LogP contribution in [-0.4, -0.2) is 24.5 Å². The minimum Gasteiger partial charge on any atom is -0.504 e. The molecule has 0 saturated carbocycles. The van der Waals surface area contributed by atoms with E-state index in [0.29, 0.717) is 18.5 Å². The summed E-state index contributed by atoms with van der Waals surface area (Å²) in [5.41, 5.74) is 7.14. The lowest BCUT2D eigenvalue weighted by atomic mass is 10.0. The number of hydrogen-bond acceptors (Lipinski definition) is 4. The van der Waals surface area contributed by atoms with Gasteiger partial charge >= 0.3 is 0 Å². The van der Waals surface area contributed by atoms with Crippen LogP contribution in [0.1, 0.15) is 11.1 Å². The fraction of sp³-hybridized carbons (Fsp3) is 0.364. The maximum Gasteiger partial charge on any atom is 0.163 e. The number of aromatic hydroxyl groups is 1. The van der Waals surface area contributed by atoms with Crippen molar-refractivity contribution in [3.63, 3.8) is 0 Å². The number of aryl methyl sites for hydroxylation is 1. The lowest BCUT2D eigenvalue weighted by Crippen LogP contribution is -2.24. The molecule has 0 aliphatic carbocycles. The molecule has 0 spiro atoms. The van der Waals surface area contributed by atoms with Crippen LogP contribution in [0.5, 0.6) is 11.5 Å². The van der Waals surface area contributed by atoms with Crippen LogP contribution in [0.25, 0.3) is 0 Å². The van der Waals surface area contributed by atoms with Gasteiger partial charge in [-0.1, -0.05) is 6.07 Å². The number of carbonyl (C=O) groups is 1. The van der Waals surface area contributed by atoms with Crippen molar-refractivity contribution in [1.82, 2.24) is 0 Å². The summed E-state index contributed by atoms with van der Waals surface area (Å²) in [6.07, 6.45) is 1.11. The number of phenols is 1. The molecule has 0 fully saturated rings. The first-order valence-electron chi connectivity index (χ1n) is 4.65. The predicted octanol–water partition coefficient (Wildman–Crippen LogP) is 0.778. The highest BCUT2D eigenvalue weighted by Gasteiger charge is 2.09. The fourth-order valence-electron chi connectivity index (χ4n) is 1.53. The minimum absolute atomic E-state index is 0.0746. The number of methoxy groups -OCH3 is 1. The normalized spacial score (nSPS) is 12.2. The summed E-state index contributed by atoms with van der Waals surface area (Å²) >= 11 is 0. The first kappa shape index (κ1) is 11.5. The Morgan fingerprint density at radius 1 is 1.60 bits per heavy atom. The van der Waals surface area contributed by atoms with E-state index in [-0.39, 0.29) is 5.75 Å². The van der Waals surface area contributed by atoms with Gasteiger partial charge in [0.15, 0.2) is 11.5 Å². The third-order valence-electron chi connectivity index (χ3n) is 2.17. The maximum absolute atomic E-state index is 10.4. The summed E-state index contributed by atoms with van der Waals surface area (Å²) in [5.74, 6) is 0.532. The summed E-state index contributed by atoms with van der Waals surface area (Å²) in [7, 11) is 1.50. The number of carbonyl (C=O) groups excluding carboxylic acids is 1. The number of rotatable bonds is 4. The van der Waals surface area contributed by atoms with Crippen molar-refractivity contribution in [1.29, 1.82) is 0 Å². The molecule has 1 atom stereocenters. The van der Waals surface area contributed by atoms with E-state index in [0.717, 1.165) is 11.1 Å². The Bertz CT molecular complexity index is 340. The van der Waals surface area contributed by atoms with Crippen molar-refractivity contribution < 1.29 is 14.6 Å². The molecule has 3 N–H and O–H groups in total. The zero-order valence-corrected chi connectivity index (χ0v) is 8.86. The third kappa shape index (κ3) is 2.70. The summed E-state index contributed by atoms with van der Waals surface area (Å²) in [6, 6.07) is 2.88. The van der Waals surface area contributed by atoms with Crippen LogP contribution in [0.15, 0.2) is 12.1 Å². The summed E-state index contributed by atoms with van der Waals surface area (Å²) in [5, 5.41) is 9.60. The summed E-state index contributed by atoms with van der Waals surface area (Å²) in [4.78, 5) is 10.4. The molecule has 0 bridgehead atoms. The van der Waals surface area contributed by atoms with E-state index >= 15 is 0 Å². The number of benzene rings is 1. The van der Waals surface area contributed by atoms with Crippen molar-refractivity contribution in [3.05, 3.63) is 23.3 Å². The van der Waals surface area contributed by atoms with E-state index in [1.807, 2.05) is 13.0 Å². The van der Waals surface area contributed by atoms with Gasteiger partial charge in [0.1, 0.15) is 6.29 Å². The van der Waals surface area contributed by atoms with Gasteiger partial charge in [-0.3, -0.25) is 0 Å². The Labute approximate surface area is 88.7 Å². The Hall–Kier alpha value is -1.55. The van der Waals surface area contributed by atoms with Crippen molar-refractivity contribution >= 4 is 6.29 Å². The second kappa shape index (κ2) is 4.79. The molecule has 0 radical (unpaired) electrons. The summed E-state index contributed by atoms with van der Waals surface area (Å²) in [6.45, 7) is 1.83. The molecular weight excluding hydrogens is 194 g/mol. The van der Waals surface area contributed by atoms with E-state index in [2.05, 4.69) is 0 Å². The Kier molecular flexibility index (Phi) is 3.68. The molecule has 15 heavy (non-hydrogen) atoms. The first-order valence-corrected chi connectivity index (χ1v) is 4.65. The standard InChI is InChI=1S/C11H15NO3/c1-7-3-8(4-9(12)6-13)5-10(14)11(7)15-2/h3,5-6,9,14H,4,12H2,1-2H3/t9-/m0/s1. The number of phenolic OH excluding ortho intramolecular Hbond substituents is 1. The van der Waals surface area contributed by atoms with Gasteiger partial charge in [-0.05, 0) is 30.5 Å². The van der Waals surface area contributed by atoms with Gasteiger partial charge in [0.25, 0.3) is 0 Å². The van der Waals surface area contributed by atoms with E-state index < -0.39 is 6.04 Å². The molecular formula is C11H15NO3. The minimum atomic E-state index is -0.530. The van der Waals surface area contributed by atoms with Crippen LogP contribution in [-0.2, 0) is 11.2 Å². The van der Waals surface area contributed by atoms with E-state index in [1.54, 1.807) is 6.07 Å². The second-order valence-electron chi connectivity index (χ2n) is 3.47. The summed E-state index contributed by atoms with van der Waals surface area (Å²) < 4.78 is 5.01. The topological polar surface area (TPSA) is 72.5 Å². The zero-order valence-electron chi connectivity index (χ0n) is 8.86. The third-order valence-corrected chi connectivity index (χ3v) is 2.17. The second-order valence-corrected chi connectivity index (χ2v) is 3.47. The molecule has 82 valence electrons. The van der Waals surface area contributed by atoms with Gasteiger partial charge in [0.2, 0.25) is 0 Å². The predicted molar refractivity (Wildman–Crippen MR) is 57.1 cm³/mol. The van der Waals surface area contributed by atoms with E-state index in [4.69, 9.17) is 10.5 Å². The Morgan fingerprint density at radius 2 is 2.27 bits per heavy atom. The molecule has 1 rings (SSSR count). The van der Waals surface area contributed by atoms with Crippen molar-refractivity contribution in [2.24, 2.45) is 5.73 Å². The number of hydrogen-bond donors (Lipinski definition) is 2. The number of aldehydes is 1. The monoisotopic (exact) mass is 209 g/mol. The molecule has 0 unspecified atom stereocenters. The van der Waals surface area contributed by atoms with Gasteiger partial charge < -0.3 is 20.4 Å². The quantitative estimate of drug-likeness (QED) is 0.719. The van der Waals surface area contributed by atoms with Gasteiger partial charge in [-0.15, -0.1) is 0 Å². The molecule has 1 aromatic rings. The van der Waals surface area contributed by atoms with Crippen LogP contribution >= 0.6 is 0 Å². The molecule has 1 aromatic carbocycles. The largest absolute Gasteiger partial charge is 0.504 e. The highest BCUT2D eigenvalue weighted by molar-refractivity contribution is 5.58. The first-order chi connectivity index (χ1) is 7.08. The van der Waals surface area contributed by atoms with Gasteiger partial charge in [-0.2, -0.15) is 0 Å². The number of ether oxygens (including phenoxy) is 1. The van der Waals surface area contributed by atoms with Gasteiger partial charge in [0, 0.05) is 0 Å². The van der Waals surface area contributed by atoms with Gasteiger partial charge in [-0.25, -0.2) is 0 Å². The molecule has 0 amide bonds. The Balaban J connectivity index is 2.98. The molecule has 0 heterocycles. The molecule has 0 aromatic heterocycles. The average Bonchev–Trinajstić information content (AvgIpc) is 2.17. The molecule has 0 saturated heterocycles. The van der Waals surface area contributed by atoms with Crippen LogP contribution in [0.4, 0.5) is 0 Å². The fourth-order valence-corrected chi connectivity index (χ4v) is 1.53. The molecule has 0 aliphatic rings. The van der Waals surface area contributed by atoms with Crippen LogP contribution < -0.4 is 10.5 Å². The lowest BCUT2D eigenvalue weighted by molar-refractivity contribution is -0.108. The zero-order chi connectivity index (χ0) is 11.4. The van der Waals surface area contributed by atoms with E-state index in [9.17, 15) is 9.90 Å². The van der Waals surface area contributed by atoms with Crippen molar-refractivity contribution in [3.8, 4) is 11.5 Å². The average molecular weight is 209 g/mol. The van der Waals surface area contributed by atoms with Crippen molar-refractivity contribution in [2.45, 2.75) is 19.4 Å². The smallest absolute Gasteiger partial charge is 0.163 e. The maximum atomic E-state index is 10.4. The van der Waals surface area contributed by atoms with E-state index in [1.165, 1.54) is 7.11 Å². The molecule has 4 nitrogen and oxygen atoms in total. The molecule has 0 aliphatic heterocycles. The van der Waals surface area contributed by atoms with Crippen LogP contribution in [0, 0.1) is 6.92 Å². The highest BCUT2D eigenvalue weighted by Crippen LogP contribution is 2.31. The van der Waals surface area contributed by atoms with Crippen molar-refractivity contribution in [2.75, 3.05) is 7.11 Å². The lowest BCUT2D eigenvalue weighted by Gasteiger charge is -2.10. The van der Waals surface area contributed by atoms with Crippen LogP contribution in [0.3, 0.4) is 0 Å². The number of nitrogens with two attached hydrogens (primary N) is 1.